The molecule has 1 aliphatic rings. The fraction of sp³-hybridized carbons (Fsp3) is 0.467. The van der Waals surface area contributed by atoms with E-state index in [0.717, 1.165) is 18.5 Å². The molecule has 0 saturated carbocycles. The van der Waals surface area contributed by atoms with E-state index in [1.54, 1.807) is 0 Å². The van der Waals surface area contributed by atoms with Gasteiger partial charge in [0.15, 0.2) is 0 Å². The molecule has 21 heavy (non-hydrogen) atoms. The molecule has 6 heteroatoms. The van der Waals surface area contributed by atoms with Gasteiger partial charge in [0.25, 0.3) is 0 Å². The van der Waals surface area contributed by atoms with Crippen molar-refractivity contribution in [1.82, 2.24) is 15.5 Å². The smallest absolute Gasteiger partial charge is 0.324 e. The van der Waals surface area contributed by atoms with Gasteiger partial charge in [-0.25, -0.2) is 0 Å². The number of likely N-dealkylation sites (N-methyl/N-ethyl adjacent to an activating group) is 1. The number of hydrogen-bond donors (Lipinski definition) is 2. The molecule has 3 rings (SSSR count). The van der Waals surface area contributed by atoms with Crippen molar-refractivity contribution < 1.29 is 9.63 Å². The van der Waals surface area contributed by atoms with Crippen LogP contribution in [-0.2, 0) is 0 Å². The molecule has 1 aliphatic heterocycles. The van der Waals surface area contributed by atoms with Gasteiger partial charge in [0.1, 0.15) is 0 Å². The Morgan fingerprint density at radius 1 is 1.38 bits per heavy atom. The second-order valence-corrected chi connectivity index (χ2v) is 5.64. The number of aromatic nitrogens is 2. The van der Waals surface area contributed by atoms with Crippen LogP contribution in [-0.4, -0.2) is 47.5 Å². The predicted molar refractivity (Wildman–Crippen MR) is 80.2 cm³/mol. The second-order valence-electron chi connectivity index (χ2n) is 5.64. The lowest BCUT2D eigenvalue weighted by atomic mass is 10.1. The Morgan fingerprint density at radius 3 is 2.81 bits per heavy atom. The lowest BCUT2D eigenvalue weighted by Crippen LogP contribution is -2.35. The number of nitrogens with one attached hydrogen (secondary N) is 1. The maximum atomic E-state index is 9.53. The summed E-state index contributed by atoms with van der Waals surface area (Å²) in [6.07, 6.45) is 0.498. The first-order chi connectivity index (χ1) is 10.1. The summed E-state index contributed by atoms with van der Waals surface area (Å²) in [6.45, 7) is 3.42. The fourth-order valence-corrected chi connectivity index (χ4v) is 2.54. The summed E-state index contributed by atoms with van der Waals surface area (Å²) in [5.74, 6) is 0.594. The van der Waals surface area contributed by atoms with Crippen LogP contribution in [0.15, 0.2) is 28.8 Å². The number of aliphatic hydroxyl groups excluding tert-OH is 1. The third kappa shape index (κ3) is 3.22. The van der Waals surface area contributed by atoms with Gasteiger partial charge in [-0.1, -0.05) is 35.0 Å². The highest BCUT2D eigenvalue weighted by Crippen LogP contribution is 2.20. The van der Waals surface area contributed by atoms with E-state index in [9.17, 15) is 5.11 Å². The van der Waals surface area contributed by atoms with Crippen LogP contribution < -0.4 is 10.2 Å². The lowest BCUT2D eigenvalue weighted by molar-refractivity contribution is 0.193. The molecule has 0 aliphatic carbocycles. The van der Waals surface area contributed by atoms with Crippen LogP contribution in [0.2, 0.25) is 0 Å². The van der Waals surface area contributed by atoms with Crippen LogP contribution in [0.3, 0.4) is 0 Å². The molecule has 1 aromatic carbocycles. The van der Waals surface area contributed by atoms with Crippen LogP contribution in [0, 0.1) is 6.92 Å². The minimum Gasteiger partial charge on any atom is -0.392 e. The molecule has 2 heterocycles. The maximum absolute atomic E-state index is 9.53. The lowest BCUT2D eigenvalue weighted by Gasteiger charge is -2.18. The molecule has 112 valence electrons. The van der Waals surface area contributed by atoms with Crippen molar-refractivity contribution in [3.8, 4) is 11.4 Å². The van der Waals surface area contributed by atoms with Gasteiger partial charge >= 0.3 is 6.01 Å². The summed E-state index contributed by atoms with van der Waals surface area (Å²) in [5, 5.41) is 16.8. The monoisotopic (exact) mass is 288 g/mol. The largest absolute Gasteiger partial charge is 0.392 e. The van der Waals surface area contributed by atoms with Crippen molar-refractivity contribution in [3.63, 3.8) is 0 Å². The normalized spacial score (nSPS) is 21.7. The van der Waals surface area contributed by atoms with Crippen molar-refractivity contribution in [2.45, 2.75) is 25.5 Å². The van der Waals surface area contributed by atoms with E-state index >= 15 is 0 Å². The number of nitrogens with zero attached hydrogens (tertiary/aromatic N) is 3. The van der Waals surface area contributed by atoms with Crippen molar-refractivity contribution in [1.29, 1.82) is 0 Å². The van der Waals surface area contributed by atoms with Crippen LogP contribution in [0.1, 0.15) is 12.0 Å². The fourth-order valence-electron chi connectivity index (χ4n) is 2.54. The molecule has 1 saturated heterocycles. The Balaban J connectivity index is 1.68. The average molecular weight is 288 g/mol. The molecule has 0 bridgehead atoms. The minimum absolute atomic E-state index is 0.250. The van der Waals surface area contributed by atoms with E-state index in [1.165, 1.54) is 5.56 Å². The van der Waals surface area contributed by atoms with Gasteiger partial charge in [-0.15, -0.1) is 0 Å². The van der Waals surface area contributed by atoms with E-state index in [0.29, 0.717) is 18.4 Å². The zero-order valence-electron chi connectivity index (χ0n) is 12.3. The van der Waals surface area contributed by atoms with Gasteiger partial charge in [-0.05, 0) is 13.3 Å². The third-order valence-electron chi connectivity index (χ3n) is 3.74. The third-order valence-corrected chi connectivity index (χ3v) is 3.74. The highest BCUT2D eigenvalue weighted by molar-refractivity contribution is 5.55. The van der Waals surface area contributed by atoms with E-state index in [4.69, 9.17) is 4.52 Å². The van der Waals surface area contributed by atoms with Crippen molar-refractivity contribution in [2.75, 3.05) is 25.0 Å². The molecule has 1 aromatic heterocycles. The van der Waals surface area contributed by atoms with Crippen LogP contribution >= 0.6 is 0 Å². The van der Waals surface area contributed by atoms with Crippen LogP contribution in [0.25, 0.3) is 11.4 Å². The van der Waals surface area contributed by atoms with E-state index in [1.807, 2.05) is 43.1 Å². The molecule has 2 aromatic rings. The van der Waals surface area contributed by atoms with Crippen molar-refractivity contribution in [3.05, 3.63) is 29.8 Å². The van der Waals surface area contributed by atoms with Gasteiger partial charge in [0, 0.05) is 31.7 Å². The van der Waals surface area contributed by atoms with Crippen molar-refractivity contribution >= 4 is 6.01 Å². The number of benzene rings is 1. The maximum Gasteiger partial charge on any atom is 0.324 e. The molecule has 2 N–H and O–H groups in total. The minimum atomic E-state index is -0.255. The van der Waals surface area contributed by atoms with Gasteiger partial charge in [0.2, 0.25) is 5.82 Å². The first-order valence-corrected chi connectivity index (χ1v) is 7.15. The van der Waals surface area contributed by atoms with E-state index < -0.39 is 0 Å². The zero-order chi connectivity index (χ0) is 14.8. The topological polar surface area (TPSA) is 74.4 Å². The van der Waals surface area contributed by atoms with Crippen LogP contribution in [0.5, 0.6) is 0 Å². The van der Waals surface area contributed by atoms with Crippen LogP contribution in [0.4, 0.5) is 6.01 Å². The standard InChI is InChI=1S/C15H20N4O2/c1-10-3-5-11(6-4-10)14-17-15(21-18-14)19(2)9-12-7-13(20)8-16-12/h3-6,12-13,16,20H,7-9H2,1-2H3/t12-,13+/m0/s1. The molecule has 0 spiro atoms. The van der Waals surface area contributed by atoms with Gasteiger partial charge in [-0.3, -0.25) is 0 Å². The summed E-state index contributed by atoms with van der Waals surface area (Å²) in [5.41, 5.74) is 2.14. The highest BCUT2D eigenvalue weighted by Gasteiger charge is 2.24. The quantitative estimate of drug-likeness (QED) is 0.880. The molecular weight excluding hydrogens is 268 g/mol. The first-order valence-electron chi connectivity index (χ1n) is 7.15. The summed E-state index contributed by atoms with van der Waals surface area (Å²) in [6, 6.07) is 8.77. The zero-order valence-corrected chi connectivity index (χ0v) is 12.3. The molecular formula is C15H20N4O2. The number of aryl methyl sites for hydroxylation is 1. The Kier molecular flexibility index (Phi) is 3.90. The summed E-state index contributed by atoms with van der Waals surface area (Å²) in [4.78, 5) is 6.35. The Labute approximate surface area is 123 Å². The predicted octanol–water partition coefficient (Wildman–Crippen LogP) is 1.20. The SMILES string of the molecule is Cc1ccc(-c2noc(N(C)C[C@@H]3C[C@@H](O)CN3)n2)cc1. The van der Waals surface area contributed by atoms with Gasteiger partial charge < -0.3 is 19.8 Å². The number of rotatable bonds is 4. The average Bonchev–Trinajstić information content (AvgIpc) is 3.09. The molecule has 0 amide bonds. The second kappa shape index (κ2) is 5.83. The molecule has 0 radical (unpaired) electrons. The Bertz CT molecular complexity index is 596. The van der Waals surface area contributed by atoms with Crippen molar-refractivity contribution in [2.24, 2.45) is 0 Å². The Hall–Kier alpha value is -1.92. The number of hydrogen-bond acceptors (Lipinski definition) is 6. The number of aliphatic hydroxyl groups is 1. The van der Waals surface area contributed by atoms with E-state index in [-0.39, 0.29) is 12.1 Å². The first kappa shape index (κ1) is 14.0. The molecule has 1 fully saturated rings. The summed E-state index contributed by atoms with van der Waals surface area (Å²) >= 11 is 0. The molecule has 0 unspecified atom stereocenters. The van der Waals surface area contributed by atoms with Gasteiger partial charge in [-0.2, -0.15) is 4.98 Å². The van der Waals surface area contributed by atoms with E-state index in [2.05, 4.69) is 15.5 Å². The molecule has 6 nitrogen and oxygen atoms in total. The summed E-state index contributed by atoms with van der Waals surface area (Å²) < 4.78 is 5.32. The highest BCUT2D eigenvalue weighted by atomic mass is 16.5. The van der Waals surface area contributed by atoms with Gasteiger partial charge in [0.05, 0.1) is 6.10 Å². The summed E-state index contributed by atoms with van der Waals surface area (Å²) in [7, 11) is 1.92. The number of anilines is 1. The molecule has 2 atom stereocenters. The number of β-amino-alcohol motifs (C(OH)–C–C–N with tert-alkyl or cyclic N) is 1. The Morgan fingerprint density at radius 2 is 2.14 bits per heavy atom.